The van der Waals surface area contributed by atoms with E-state index in [1.807, 2.05) is 0 Å². The molecule has 2 nitrogen and oxygen atoms in total. The molecule has 0 radical (unpaired) electrons. The van der Waals surface area contributed by atoms with Crippen LogP contribution in [0.1, 0.15) is 23.2 Å². The quantitative estimate of drug-likeness (QED) is 0.740. The average Bonchev–Trinajstić information content (AvgIpc) is 2.70. The van der Waals surface area contributed by atoms with Gasteiger partial charge in [-0.15, -0.1) is 0 Å². The summed E-state index contributed by atoms with van der Waals surface area (Å²) in [5.41, 5.74) is -0.0340. The summed E-state index contributed by atoms with van der Waals surface area (Å²) in [6.45, 7) is 1.21. The van der Waals surface area contributed by atoms with Gasteiger partial charge in [-0.25, -0.2) is 8.78 Å². The van der Waals surface area contributed by atoms with Crippen LogP contribution in [0.5, 0.6) is 0 Å². The standard InChI is InChI=1S/C12H12F2O2/c13-9-1-2-10(11(14)6-9)12(15)5-8-3-4-16-7-8/h1-2,6,8H,3-5,7H2. The smallest absolute Gasteiger partial charge is 0.166 e. The second kappa shape index (κ2) is 4.70. The van der Waals surface area contributed by atoms with E-state index in [1.54, 1.807) is 0 Å². The lowest BCUT2D eigenvalue weighted by molar-refractivity contribution is 0.0948. The molecule has 0 saturated carbocycles. The van der Waals surface area contributed by atoms with Crippen molar-refractivity contribution in [3.63, 3.8) is 0 Å². The molecule has 1 heterocycles. The minimum atomic E-state index is -0.788. The van der Waals surface area contributed by atoms with E-state index < -0.39 is 11.6 Å². The number of Topliss-reactive ketones (excluding diaryl/α,β-unsaturated/α-hetero) is 1. The zero-order chi connectivity index (χ0) is 11.5. The Morgan fingerprint density at radius 2 is 2.25 bits per heavy atom. The van der Waals surface area contributed by atoms with Crippen molar-refractivity contribution in [2.75, 3.05) is 13.2 Å². The third-order valence-electron chi connectivity index (χ3n) is 2.73. The maximum Gasteiger partial charge on any atom is 0.166 e. The van der Waals surface area contributed by atoms with Crippen LogP contribution in [0.4, 0.5) is 8.78 Å². The normalized spacial score (nSPS) is 20.0. The second-order valence-corrected chi connectivity index (χ2v) is 3.98. The summed E-state index contributed by atoms with van der Waals surface area (Å²) in [4.78, 5) is 11.7. The lowest BCUT2D eigenvalue weighted by Crippen LogP contribution is -2.10. The van der Waals surface area contributed by atoms with Gasteiger partial charge in [0, 0.05) is 25.7 Å². The summed E-state index contributed by atoms with van der Waals surface area (Å²) in [6.07, 6.45) is 1.09. The third kappa shape index (κ3) is 2.44. The molecule has 0 bridgehead atoms. The third-order valence-corrected chi connectivity index (χ3v) is 2.73. The van der Waals surface area contributed by atoms with Gasteiger partial charge in [0.25, 0.3) is 0 Å². The van der Waals surface area contributed by atoms with Gasteiger partial charge in [-0.2, -0.15) is 0 Å². The maximum atomic E-state index is 13.3. The van der Waals surface area contributed by atoms with Crippen molar-refractivity contribution in [2.45, 2.75) is 12.8 Å². The summed E-state index contributed by atoms with van der Waals surface area (Å²) in [5.74, 6) is -1.58. The molecule has 16 heavy (non-hydrogen) atoms. The fourth-order valence-electron chi connectivity index (χ4n) is 1.83. The van der Waals surface area contributed by atoms with Gasteiger partial charge < -0.3 is 4.74 Å². The molecule has 4 heteroatoms. The minimum absolute atomic E-state index is 0.0340. The monoisotopic (exact) mass is 226 g/mol. The number of benzene rings is 1. The van der Waals surface area contributed by atoms with Gasteiger partial charge in [0.05, 0.1) is 5.56 Å². The van der Waals surface area contributed by atoms with E-state index in [2.05, 4.69) is 0 Å². The summed E-state index contributed by atoms with van der Waals surface area (Å²) < 4.78 is 31.1. The lowest BCUT2D eigenvalue weighted by atomic mass is 9.97. The van der Waals surface area contributed by atoms with Gasteiger partial charge in [0.1, 0.15) is 11.6 Å². The van der Waals surface area contributed by atoms with E-state index in [9.17, 15) is 13.6 Å². The van der Waals surface area contributed by atoms with Gasteiger partial charge in [-0.1, -0.05) is 0 Å². The van der Waals surface area contributed by atoms with Crippen molar-refractivity contribution in [1.82, 2.24) is 0 Å². The number of rotatable bonds is 3. The molecule has 1 atom stereocenters. The zero-order valence-corrected chi connectivity index (χ0v) is 8.71. The number of hydrogen-bond donors (Lipinski definition) is 0. The van der Waals surface area contributed by atoms with Gasteiger partial charge in [0.2, 0.25) is 0 Å². The molecule has 0 N–H and O–H groups in total. The molecule has 1 saturated heterocycles. The van der Waals surface area contributed by atoms with Crippen molar-refractivity contribution in [3.05, 3.63) is 35.4 Å². The van der Waals surface area contributed by atoms with Gasteiger partial charge in [-0.05, 0) is 24.5 Å². The van der Waals surface area contributed by atoms with E-state index in [1.165, 1.54) is 6.07 Å². The highest BCUT2D eigenvalue weighted by atomic mass is 19.1. The zero-order valence-electron chi connectivity index (χ0n) is 8.71. The van der Waals surface area contributed by atoms with E-state index in [0.29, 0.717) is 13.2 Å². The van der Waals surface area contributed by atoms with Crippen LogP contribution in [-0.4, -0.2) is 19.0 Å². The SMILES string of the molecule is O=C(CC1CCOC1)c1ccc(F)cc1F. The van der Waals surface area contributed by atoms with Gasteiger partial charge >= 0.3 is 0 Å². The van der Waals surface area contributed by atoms with Crippen LogP contribution in [0.25, 0.3) is 0 Å². The molecule has 1 aromatic carbocycles. The van der Waals surface area contributed by atoms with Crippen LogP contribution >= 0.6 is 0 Å². The molecule has 0 amide bonds. The van der Waals surface area contributed by atoms with Crippen LogP contribution in [0.2, 0.25) is 0 Å². The van der Waals surface area contributed by atoms with Gasteiger partial charge in [-0.3, -0.25) is 4.79 Å². The molecular formula is C12H12F2O2. The Hall–Kier alpha value is -1.29. The average molecular weight is 226 g/mol. The van der Waals surface area contributed by atoms with Crippen molar-refractivity contribution >= 4 is 5.78 Å². The number of hydrogen-bond acceptors (Lipinski definition) is 2. The highest BCUT2D eigenvalue weighted by Gasteiger charge is 2.21. The van der Waals surface area contributed by atoms with Crippen LogP contribution in [-0.2, 0) is 4.74 Å². The molecule has 1 aromatic rings. The minimum Gasteiger partial charge on any atom is -0.381 e. The second-order valence-electron chi connectivity index (χ2n) is 3.98. The molecule has 1 aliphatic heterocycles. The Morgan fingerprint density at radius 3 is 2.88 bits per heavy atom. The Bertz CT molecular complexity index is 398. The number of carbonyl (C=O) groups excluding carboxylic acids is 1. The fraction of sp³-hybridized carbons (Fsp3) is 0.417. The first-order chi connectivity index (χ1) is 7.66. The van der Waals surface area contributed by atoms with Crippen molar-refractivity contribution < 1.29 is 18.3 Å². The lowest BCUT2D eigenvalue weighted by Gasteiger charge is -2.07. The Morgan fingerprint density at radius 1 is 1.44 bits per heavy atom. The predicted octanol–water partition coefficient (Wildman–Crippen LogP) is 2.57. The highest BCUT2D eigenvalue weighted by Crippen LogP contribution is 2.20. The summed E-state index contributed by atoms with van der Waals surface area (Å²) in [5, 5.41) is 0. The highest BCUT2D eigenvalue weighted by molar-refractivity contribution is 5.96. The molecule has 0 spiro atoms. The summed E-state index contributed by atoms with van der Waals surface area (Å²) in [7, 11) is 0. The molecule has 1 fully saturated rings. The fourth-order valence-corrected chi connectivity index (χ4v) is 1.83. The Balaban J connectivity index is 2.08. The number of ketones is 1. The number of ether oxygens (including phenoxy) is 1. The van der Waals surface area contributed by atoms with Crippen molar-refractivity contribution in [1.29, 1.82) is 0 Å². The topological polar surface area (TPSA) is 26.3 Å². The number of halogens is 2. The first-order valence-electron chi connectivity index (χ1n) is 5.23. The van der Waals surface area contributed by atoms with Crippen molar-refractivity contribution in [2.24, 2.45) is 5.92 Å². The molecule has 2 rings (SSSR count). The van der Waals surface area contributed by atoms with E-state index in [0.717, 1.165) is 18.6 Å². The summed E-state index contributed by atoms with van der Waals surface area (Å²) >= 11 is 0. The molecule has 86 valence electrons. The molecule has 1 aliphatic rings. The van der Waals surface area contributed by atoms with E-state index in [4.69, 9.17) is 4.74 Å². The van der Waals surface area contributed by atoms with Crippen LogP contribution in [0.15, 0.2) is 18.2 Å². The largest absolute Gasteiger partial charge is 0.381 e. The molecular weight excluding hydrogens is 214 g/mol. The van der Waals surface area contributed by atoms with Crippen LogP contribution in [0.3, 0.4) is 0 Å². The molecule has 0 aliphatic carbocycles. The predicted molar refractivity (Wildman–Crippen MR) is 54.2 cm³/mol. The Labute approximate surface area is 92.2 Å². The van der Waals surface area contributed by atoms with E-state index in [-0.39, 0.29) is 23.7 Å². The van der Waals surface area contributed by atoms with E-state index >= 15 is 0 Å². The molecule has 1 unspecified atom stereocenters. The first-order valence-corrected chi connectivity index (χ1v) is 5.23. The maximum absolute atomic E-state index is 13.3. The molecule has 0 aromatic heterocycles. The number of carbonyl (C=O) groups is 1. The van der Waals surface area contributed by atoms with Gasteiger partial charge in [0.15, 0.2) is 5.78 Å². The van der Waals surface area contributed by atoms with Crippen LogP contribution in [0, 0.1) is 17.6 Å². The summed E-state index contributed by atoms with van der Waals surface area (Å²) in [6, 6.07) is 3.03. The first kappa shape index (κ1) is 11.2. The van der Waals surface area contributed by atoms with Crippen LogP contribution < -0.4 is 0 Å². The Kier molecular flexibility index (Phi) is 3.29. The van der Waals surface area contributed by atoms with Crippen molar-refractivity contribution in [3.8, 4) is 0 Å².